The van der Waals surface area contributed by atoms with Crippen molar-refractivity contribution in [1.29, 1.82) is 0 Å². The summed E-state index contributed by atoms with van der Waals surface area (Å²) in [5.74, 6) is -2.45. The van der Waals surface area contributed by atoms with Crippen LogP contribution in [0.1, 0.15) is 19.3 Å². The molecule has 0 N–H and O–H groups in total. The second kappa shape index (κ2) is 17.6. The van der Waals surface area contributed by atoms with Crippen molar-refractivity contribution >= 4 is 109 Å². The van der Waals surface area contributed by atoms with Crippen LogP contribution < -0.4 is 20.4 Å². The van der Waals surface area contributed by atoms with E-state index in [2.05, 4.69) is 0 Å². The second-order valence-electron chi connectivity index (χ2n) is 1.85. The fraction of sp³-hybridized carbons (Fsp3) is 0.500. The van der Waals surface area contributed by atoms with Crippen LogP contribution in [0.2, 0.25) is 0 Å². The van der Waals surface area contributed by atoms with Crippen LogP contribution in [-0.2, 0) is 9.59 Å². The Morgan fingerprint density at radius 1 is 0.733 bits per heavy atom. The zero-order chi connectivity index (χ0) is 10.9. The Kier molecular flexibility index (Phi) is 29.4. The molecule has 7 nitrogen and oxygen atoms in total. The second-order valence-corrected chi connectivity index (χ2v) is 1.85. The first-order valence-electron chi connectivity index (χ1n) is 3.14. The summed E-state index contributed by atoms with van der Waals surface area (Å²) in [6, 6.07) is 0. The van der Waals surface area contributed by atoms with Gasteiger partial charge in [-0.15, -0.1) is 0 Å². The summed E-state index contributed by atoms with van der Waals surface area (Å²) in [5.41, 5.74) is 0. The Labute approximate surface area is 160 Å². The molecule has 0 rings (SSSR count). The number of hydrogen-bond acceptors (Lipinski definition) is 7. The van der Waals surface area contributed by atoms with Gasteiger partial charge < -0.3 is 34.8 Å². The Morgan fingerprint density at radius 3 is 1.07 bits per heavy atom. The standard InChI is InChI=1S/C5H8O4.CH2O3.2Sr/c6-4(7)2-1-3-5(8)9;2-1(3)4;;/h1-3H2,(H,6,7)(H,8,9);(H2,2,3,4);;/q;;2*+2/p-4. The SMILES string of the molecule is O=C([O-])CCCC(=O)[O-].O=C([O-])[O-].[Sr+2].[Sr+2]. The van der Waals surface area contributed by atoms with E-state index in [-0.39, 0.29) is 110 Å². The average Bonchev–Trinajstić information content (AvgIpc) is 1.83. The molecular weight excluding hydrogens is 359 g/mol. The van der Waals surface area contributed by atoms with Crippen molar-refractivity contribution in [2.45, 2.75) is 19.3 Å². The first kappa shape index (κ1) is 25.1. The third-order valence-corrected chi connectivity index (χ3v) is 0.762. The van der Waals surface area contributed by atoms with E-state index in [0.717, 1.165) is 0 Å². The summed E-state index contributed by atoms with van der Waals surface area (Å²) >= 11 is 0. The summed E-state index contributed by atoms with van der Waals surface area (Å²) in [5, 5.41) is 36.0. The molecule has 0 saturated carbocycles. The normalized spacial score (nSPS) is 6.93. The summed E-state index contributed by atoms with van der Waals surface area (Å²) in [7, 11) is 0. The van der Waals surface area contributed by atoms with E-state index in [9.17, 15) is 19.8 Å². The molecule has 0 heterocycles. The summed E-state index contributed by atoms with van der Waals surface area (Å²) in [4.78, 5) is 27.6. The van der Waals surface area contributed by atoms with Gasteiger partial charge in [-0.05, 0) is 25.4 Å². The van der Waals surface area contributed by atoms with Gasteiger partial charge in [0.2, 0.25) is 0 Å². The van der Waals surface area contributed by atoms with Gasteiger partial charge in [0.15, 0.2) is 0 Å². The maximum absolute atomic E-state index is 9.66. The van der Waals surface area contributed by atoms with E-state index in [0.29, 0.717) is 0 Å². The molecule has 0 atom stereocenters. The minimum Gasteiger partial charge on any atom is -0.652 e. The summed E-state index contributed by atoms with van der Waals surface area (Å²) in [6.07, 6.45) is -2.67. The molecule has 0 radical (unpaired) electrons. The van der Waals surface area contributed by atoms with E-state index in [1.165, 1.54) is 0 Å². The minimum absolute atomic E-state index is 0. The molecule has 0 saturated heterocycles. The molecule has 0 amide bonds. The monoisotopic (exact) mass is 366 g/mol. The third-order valence-electron chi connectivity index (χ3n) is 0.762. The molecule has 0 aliphatic heterocycles. The van der Waals surface area contributed by atoms with Gasteiger partial charge in [0.1, 0.15) is 0 Å². The van der Waals surface area contributed by atoms with Gasteiger partial charge in [-0.2, -0.15) is 0 Å². The van der Waals surface area contributed by atoms with Crippen molar-refractivity contribution in [1.82, 2.24) is 0 Å². The Hall–Kier alpha value is 1.17. The number of aliphatic carboxylic acids is 2. The third kappa shape index (κ3) is 51.2. The zero-order valence-electron chi connectivity index (χ0n) is 7.89. The predicted octanol–water partition coefficient (Wildman–Crippen LogP) is -5.55. The van der Waals surface area contributed by atoms with Gasteiger partial charge in [-0.25, -0.2) is 0 Å². The van der Waals surface area contributed by atoms with Gasteiger partial charge in [0, 0.05) is 11.9 Å². The molecule has 0 aliphatic rings. The fourth-order valence-electron chi connectivity index (χ4n) is 0.377. The van der Waals surface area contributed by atoms with Gasteiger partial charge in [0.05, 0.1) is 0 Å². The number of carboxylic acids is 2. The van der Waals surface area contributed by atoms with Crippen LogP contribution in [0.5, 0.6) is 0 Å². The van der Waals surface area contributed by atoms with E-state index < -0.39 is 18.1 Å². The smallest absolute Gasteiger partial charge is 0.652 e. The van der Waals surface area contributed by atoms with Crippen LogP contribution in [0.3, 0.4) is 0 Å². The molecule has 0 bridgehead atoms. The molecule has 0 aliphatic carbocycles. The first-order valence-corrected chi connectivity index (χ1v) is 3.14. The maximum atomic E-state index is 9.66. The topological polar surface area (TPSA) is 143 Å². The van der Waals surface area contributed by atoms with Gasteiger partial charge >= 0.3 is 91.0 Å². The molecule has 0 aromatic carbocycles. The molecule has 0 aromatic rings. The van der Waals surface area contributed by atoms with Crippen molar-refractivity contribution in [3.63, 3.8) is 0 Å². The zero-order valence-corrected chi connectivity index (χ0v) is 14.8. The molecule has 0 fully saturated rings. The summed E-state index contributed by atoms with van der Waals surface area (Å²) in [6.45, 7) is 0. The molecule has 15 heavy (non-hydrogen) atoms. The quantitative estimate of drug-likeness (QED) is 0.452. The van der Waals surface area contributed by atoms with Crippen molar-refractivity contribution in [2.24, 2.45) is 0 Å². The number of carbonyl (C=O) groups excluding carboxylic acids is 3. The van der Waals surface area contributed by atoms with Crippen LogP contribution >= 0.6 is 0 Å². The average molecular weight is 365 g/mol. The van der Waals surface area contributed by atoms with Crippen molar-refractivity contribution in [2.75, 3.05) is 0 Å². The molecular formula is C6H6O7Sr2. The first-order chi connectivity index (χ1) is 5.86. The van der Waals surface area contributed by atoms with Crippen LogP contribution in [0.15, 0.2) is 0 Å². The van der Waals surface area contributed by atoms with E-state index in [1.54, 1.807) is 0 Å². The molecule has 0 aromatic heterocycles. The minimum atomic E-state index is -2.33. The molecule has 0 spiro atoms. The van der Waals surface area contributed by atoms with Crippen LogP contribution in [0, 0.1) is 0 Å². The Morgan fingerprint density at radius 2 is 0.933 bits per heavy atom. The van der Waals surface area contributed by atoms with Crippen LogP contribution in [0.4, 0.5) is 4.79 Å². The molecule has 9 heteroatoms. The fourth-order valence-corrected chi connectivity index (χ4v) is 0.377. The maximum Gasteiger partial charge on any atom is 2.00 e. The number of hydrogen-bond donors (Lipinski definition) is 0. The van der Waals surface area contributed by atoms with Crippen molar-refractivity contribution < 1.29 is 34.8 Å². The largest absolute Gasteiger partial charge is 2.00 e. The van der Waals surface area contributed by atoms with Crippen molar-refractivity contribution in [3.8, 4) is 0 Å². The van der Waals surface area contributed by atoms with E-state index in [4.69, 9.17) is 15.0 Å². The van der Waals surface area contributed by atoms with Crippen LogP contribution in [-0.4, -0.2) is 109 Å². The van der Waals surface area contributed by atoms with Gasteiger partial charge in [-0.3, -0.25) is 0 Å². The molecule has 0 unspecified atom stereocenters. The predicted molar refractivity (Wildman–Crippen MR) is 40.8 cm³/mol. The van der Waals surface area contributed by atoms with Gasteiger partial charge in [-0.1, -0.05) is 0 Å². The number of rotatable bonds is 4. The molecule has 76 valence electrons. The van der Waals surface area contributed by atoms with E-state index in [1.807, 2.05) is 0 Å². The van der Waals surface area contributed by atoms with Gasteiger partial charge in [0.25, 0.3) is 0 Å². The number of carbonyl (C=O) groups is 3. The Bertz CT molecular complexity index is 176. The van der Waals surface area contributed by atoms with Crippen LogP contribution in [0.25, 0.3) is 0 Å². The Balaban J connectivity index is -0.0000000883. The van der Waals surface area contributed by atoms with E-state index >= 15 is 0 Å². The van der Waals surface area contributed by atoms with Crippen molar-refractivity contribution in [3.05, 3.63) is 0 Å². The summed E-state index contributed by atoms with van der Waals surface area (Å²) < 4.78 is 0. The number of carboxylic acid groups (broad SMARTS) is 4.